The van der Waals surface area contributed by atoms with Crippen molar-refractivity contribution in [3.8, 4) is 0 Å². The number of amides is 3. The van der Waals surface area contributed by atoms with E-state index in [1.807, 2.05) is 0 Å². The maximum atomic E-state index is 12.5. The molecule has 0 aromatic heterocycles. The zero-order chi connectivity index (χ0) is 20.0. The number of likely N-dealkylation sites (tertiary alicyclic amines) is 1. The number of hydrogen-bond acceptors (Lipinski definition) is 7. The second-order valence-corrected chi connectivity index (χ2v) is 6.30. The van der Waals surface area contributed by atoms with Crippen molar-refractivity contribution in [1.82, 2.24) is 15.5 Å². The summed E-state index contributed by atoms with van der Waals surface area (Å²) in [5.41, 5.74) is 5.42. The molecule has 1 aliphatic heterocycles. The Morgan fingerprint density at radius 3 is 2.31 bits per heavy atom. The van der Waals surface area contributed by atoms with Gasteiger partial charge in [-0.15, -0.1) is 0 Å². The summed E-state index contributed by atoms with van der Waals surface area (Å²) in [6.45, 7) is 2.31. The second-order valence-electron chi connectivity index (χ2n) is 6.30. The Bertz CT molecular complexity index is 552. The highest BCUT2D eigenvalue weighted by atomic mass is 16.4. The van der Waals surface area contributed by atoms with Crippen LogP contribution in [0.1, 0.15) is 26.7 Å². The van der Waals surface area contributed by atoms with Crippen LogP contribution in [0, 0.1) is 0 Å². The molecule has 11 nitrogen and oxygen atoms in total. The predicted octanol–water partition coefficient (Wildman–Crippen LogP) is -3.25. The third-order valence-corrected chi connectivity index (χ3v) is 4.13. The molecule has 5 atom stereocenters. The summed E-state index contributed by atoms with van der Waals surface area (Å²) in [6, 6.07) is -3.55. The standard InChI is InChI=1S/C15H26N4O7/c1-7(20)11(16)13(23)17-6-10(22)18-12(8(2)21)14(24)19-5-3-4-9(19)15(25)26/h7-9,11-12,20-21H,3-6,16H2,1-2H3,(H,17,23)(H,18,22)(H,25,26). The Hall–Kier alpha value is -2.24. The monoisotopic (exact) mass is 374 g/mol. The van der Waals surface area contributed by atoms with Gasteiger partial charge in [0.05, 0.1) is 18.8 Å². The molecule has 0 spiro atoms. The zero-order valence-electron chi connectivity index (χ0n) is 14.7. The van der Waals surface area contributed by atoms with E-state index in [4.69, 9.17) is 10.8 Å². The third-order valence-electron chi connectivity index (χ3n) is 4.13. The fraction of sp³-hybridized carbons (Fsp3) is 0.733. The number of rotatable bonds is 8. The van der Waals surface area contributed by atoms with Crippen LogP contribution >= 0.6 is 0 Å². The average molecular weight is 374 g/mol. The molecular formula is C15H26N4O7. The van der Waals surface area contributed by atoms with E-state index < -0.39 is 60.6 Å². The molecule has 1 saturated heterocycles. The first-order valence-electron chi connectivity index (χ1n) is 8.28. The number of nitrogens with zero attached hydrogens (tertiary/aromatic N) is 1. The summed E-state index contributed by atoms with van der Waals surface area (Å²) in [4.78, 5) is 48.4. The number of aliphatic carboxylic acids is 1. The average Bonchev–Trinajstić information content (AvgIpc) is 3.05. The minimum atomic E-state index is -1.34. The van der Waals surface area contributed by atoms with Crippen molar-refractivity contribution >= 4 is 23.7 Å². The van der Waals surface area contributed by atoms with E-state index in [9.17, 15) is 29.4 Å². The quantitative estimate of drug-likeness (QED) is 0.256. The number of aliphatic hydroxyl groups excluding tert-OH is 2. The van der Waals surface area contributed by atoms with Crippen molar-refractivity contribution < 1.29 is 34.5 Å². The summed E-state index contributed by atoms with van der Waals surface area (Å²) in [7, 11) is 0. The van der Waals surface area contributed by atoms with E-state index in [-0.39, 0.29) is 6.54 Å². The minimum Gasteiger partial charge on any atom is -0.480 e. The normalized spacial score (nSPS) is 21.4. The number of hydrogen-bond donors (Lipinski definition) is 6. The lowest BCUT2D eigenvalue weighted by Gasteiger charge is -2.28. The van der Waals surface area contributed by atoms with Crippen LogP contribution in [0.4, 0.5) is 0 Å². The summed E-state index contributed by atoms with van der Waals surface area (Å²) in [5.74, 6) is -3.36. The Kier molecular flexibility index (Phi) is 7.93. The second kappa shape index (κ2) is 9.46. The van der Waals surface area contributed by atoms with Gasteiger partial charge in [-0.2, -0.15) is 0 Å². The number of aliphatic hydroxyl groups is 2. The fourth-order valence-corrected chi connectivity index (χ4v) is 2.58. The van der Waals surface area contributed by atoms with Crippen molar-refractivity contribution in [2.45, 2.75) is 57.0 Å². The number of carbonyl (C=O) groups is 4. The zero-order valence-corrected chi connectivity index (χ0v) is 14.7. The molecule has 0 radical (unpaired) electrons. The maximum Gasteiger partial charge on any atom is 0.326 e. The number of nitrogens with two attached hydrogens (primary N) is 1. The van der Waals surface area contributed by atoms with E-state index in [1.54, 1.807) is 0 Å². The Morgan fingerprint density at radius 2 is 1.81 bits per heavy atom. The van der Waals surface area contributed by atoms with Crippen molar-refractivity contribution in [1.29, 1.82) is 0 Å². The summed E-state index contributed by atoms with van der Waals surface area (Å²) in [5, 5.41) is 32.7. The summed E-state index contributed by atoms with van der Waals surface area (Å²) < 4.78 is 0. The van der Waals surface area contributed by atoms with Crippen LogP contribution in [-0.4, -0.2) is 87.3 Å². The fourth-order valence-electron chi connectivity index (χ4n) is 2.58. The molecule has 26 heavy (non-hydrogen) atoms. The topological polar surface area (TPSA) is 182 Å². The van der Waals surface area contributed by atoms with E-state index in [1.165, 1.54) is 13.8 Å². The number of carbonyl (C=O) groups excluding carboxylic acids is 3. The van der Waals surface area contributed by atoms with Gasteiger partial charge in [0, 0.05) is 6.54 Å². The van der Waals surface area contributed by atoms with Gasteiger partial charge in [0.2, 0.25) is 17.7 Å². The van der Waals surface area contributed by atoms with E-state index in [0.717, 1.165) is 4.90 Å². The van der Waals surface area contributed by atoms with Crippen molar-refractivity contribution in [3.05, 3.63) is 0 Å². The van der Waals surface area contributed by atoms with Crippen LogP contribution in [-0.2, 0) is 19.2 Å². The molecule has 1 rings (SSSR count). The van der Waals surface area contributed by atoms with Gasteiger partial charge in [0.1, 0.15) is 18.1 Å². The smallest absolute Gasteiger partial charge is 0.326 e. The van der Waals surface area contributed by atoms with E-state index in [2.05, 4.69) is 10.6 Å². The summed E-state index contributed by atoms with van der Waals surface area (Å²) in [6.07, 6.45) is -1.56. The molecule has 5 unspecified atom stereocenters. The highest BCUT2D eigenvalue weighted by molar-refractivity contribution is 5.93. The lowest BCUT2D eigenvalue weighted by Crippen LogP contribution is -2.57. The van der Waals surface area contributed by atoms with Gasteiger partial charge in [-0.3, -0.25) is 14.4 Å². The van der Waals surface area contributed by atoms with Gasteiger partial charge in [0.25, 0.3) is 0 Å². The molecule has 11 heteroatoms. The molecule has 1 heterocycles. The molecule has 7 N–H and O–H groups in total. The van der Waals surface area contributed by atoms with Gasteiger partial charge in [-0.1, -0.05) is 0 Å². The van der Waals surface area contributed by atoms with E-state index >= 15 is 0 Å². The lowest BCUT2D eigenvalue weighted by atomic mass is 10.1. The van der Waals surface area contributed by atoms with Crippen LogP contribution in [0.25, 0.3) is 0 Å². The first-order valence-corrected chi connectivity index (χ1v) is 8.28. The SMILES string of the molecule is CC(O)C(N)C(=O)NCC(=O)NC(C(=O)N1CCCC1C(=O)O)C(C)O. The molecule has 0 bridgehead atoms. The Morgan fingerprint density at radius 1 is 1.19 bits per heavy atom. The van der Waals surface area contributed by atoms with Gasteiger partial charge in [-0.25, -0.2) is 4.79 Å². The molecule has 3 amide bonds. The predicted molar refractivity (Wildman–Crippen MR) is 88.6 cm³/mol. The first kappa shape index (κ1) is 21.8. The van der Waals surface area contributed by atoms with Crippen LogP contribution in [0.15, 0.2) is 0 Å². The molecule has 0 aliphatic carbocycles. The number of nitrogens with one attached hydrogen (secondary N) is 2. The molecule has 0 saturated carbocycles. The third kappa shape index (κ3) is 5.64. The minimum absolute atomic E-state index is 0.217. The van der Waals surface area contributed by atoms with Gasteiger partial charge < -0.3 is 36.6 Å². The molecule has 0 aromatic rings. The highest BCUT2D eigenvalue weighted by Gasteiger charge is 2.39. The van der Waals surface area contributed by atoms with Crippen LogP contribution in [0.5, 0.6) is 0 Å². The Labute approximate surface area is 150 Å². The van der Waals surface area contributed by atoms with Crippen molar-refractivity contribution in [2.24, 2.45) is 5.73 Å². The number of carboxylic acid groups (broad SMARTS) is 1. The van der Waals surface area contributed by atoms with Crippen LogP contribution < -0.4 is 16.4 Å². The highest BCUT2D eigenvalue weighted by Crippen LogP contribution is 2.19. The van der Waals surface area contributed by atoms with Crippen molar-refractivity contribution in [2.75, 3.05) is 13.1 Å². The van der Waals surface area contributed by atoms with Crippen LogP contribution in [0.3, 0.4) is 0 Å². The van der Waals surface area contributed by atoms with Crippen molar-refractivity contribution in [3.63, 3.8) is 0 Å². The molecule has 148 valence electrons. The molecule has 1 aliphatic rings. The van der Waals surface area contributed by atoms with Gasteiger partial charge in [-0.05, 0) is 26.7 Å². The molecular weight excluding hydrogens is 348 g/mol. The van der Waals surface area contributed by atoms with E-state index in [0.29, 0.717) is 12.8 Å². The van der Waals surface area contributed by atoms with Crippen LogP contribution in [0.2, 0.25) is 0 Å². The van der Waals surface area contributed by atoms with Gasteiger partial charge >= 0.3 is 5.97 Å². The molecule has 0 aromatic carbocycles. The Balaban J connectivity index is 2.67. The number of carboxylic acids is 1. The lowest BCUT2D eigenvalue weighted by molar-refractivity contribution is -0.150. The first-order chi connectivity index (χ1) is 12.1. The van der Waals surface area contributed by atoms with Gasteiger partial charge in [0.15, 0.2) is 0 Å². The molecule has 1 fully saturated rings. The maximum absolute atomic E-state index is 12.5. The largest absolute Gasteiger partial charge is 0.480 e. The summed E-state index contributed by atoms with van der Waals surface area (Å²) >= 11 is 0.